The van der Waals surface area contributed by atoms with Gasteiger partial charge in [0.05, 0.1) is 6.10 Å². The van der Waals surface area contributed by atoms with Crippen molar-refractivity contribution in [2.75, 3.05) is 12.4 Å². The van der Waals surface area contributed by atoms with Crippen molar-refractivity contribution in [1.82, 2.24) is 4.90 Å². The second-order valence-corrected chi connectivity index (χ2v) is 6.26. The summed E-state index contributed by atoms with van der Waals surface area (Å²) in [5.74, 6) is 0.698. The molecule has 1 aromatic carbocycles. The second kappa shape index (κ2) is 6.94. The van der Waals surface area contributed by atoms with E-state index in [2.05, 4.69) is 12.2 Å². The predicted molar refractivity (Wildman–Crippen MR) is 85.3 cm³/mol. The minimum atomic E-state index is -0.485. The second-order valence-electron chi connectivity index (χ2n) is 6.26. The molecule has 1 aliphatic rings. The Kier molecular flexibility index (Phi) is 5.23. The normalized spacial score (nSPS) is 23.4. The molecule has 0 spiro atoms. The van der Waals surface area contributed by atoms with Gasteiger partial charge in [-0.05, 0) is 43.4 Å². The lowest BCUT2D eigenvalue weighted by Gasteiger charge is -2.34. The summed E-state index contributed by atoms with van der Waals surface area (Å²) in [4.78, 5) is 14.1. The summed E-state index contributed by atoms with van der Waals surface area (Å²) in [6.07, 6.45) is 4.17. The third kappa shape index (κ3) is 4.21. The number of urea groups is 1. The van der Waals surface area contributed by atoms with Crippen molar-refractivity contribution in [3.8, 4) is 0 Å². The molecule has 4 heteroatoms. The number of nitrogens with one attached hydrogen (secondary N) is 1. The van der Waals surface area contributed by atoms with Crippen molar-refractivity contribution in [3.63, 3.8) is 0 Å². The lowest BCUT2D eigenvalue weighted by Crippen LogP contribution is -2.42. The van der Waals surface area contributed by atoms with Crippen molar-refractivity contribution in [2.24, 2.45) is 5.92 Å². The van der Waals surface area contributed by atoms with Crippen LogP contribution in [-0.4, -0.2) is 29.1 Å². The van der Waals surface area contributed by atoms with E-state index < -0.39 is 6.10 Å². The Morgan fingerprint density at radius 2 is 2.00 bits per heavy atom. The zero-order valence-corrected chi connectivity index (χ0v) is 13.2. The highest BCUT2D eigenvalue weighted by Gasteiger charge is 2.25. The first kappa shape index (κ1) is 15.8. The van der Waals surface area contributed by atoms with Crippen LogP contribution in [0.15, 0.2) is 24.3 Å². The molecule has 1 aromatic rings. The highest BCUT2D eigenvalue weighted by Crippen LogP contribution is 2.27. The lowest BCUT2D eigenvalue weighted by atomic mass is 9.86. The number of aliphatic hydroxyl groups excluding tert-OH is 1. The summed E-state index contributed by atoms with van der Waals surface area (Å²) in [6, 6.07) is 7.62. The number of aliphatic hydroxyl groups is 1. The van der Waals surface area contributed by atoms with Crippen LogP contribution in [0.25, 0.3) is 0 Å². The minimum absolute atomic E-state index is 0.0566. The van der Waals surface area contributed by atoms with Gasteiger partial charge in [0, 0.05) is 18.8 Å². The fourth-order valence-electron chi connectivity index (χ4n) is 2.98. The van der Waals surface area contributed by atoms with Crippen molar-refractivity contribution < 1.29 is 9.90 Å². The molecule has 4 nitrogen and oxygen atoms in total. The van der Waals surface area contributed by atoms with Gasteiger partial charge >= 0.3 is 6.03 Å². The summed E-state index contributed by atoms with van der Waals surface area (Å²) in [5.41, 5.74) is 1.61. The van der Waals surface area contributed by atoms with Crippen LogP contribution in [0.1, 0.15) is 51.2 Å². The monoisotopic (exact) mass is 290 g/mol. The number of rotatable bonds is 3. The van der Waals surface area contributed by atoms with E-state index >= 15 is 0 Å². The molecule has 3 atom stereocenters. The van der Waals surface area contributed by atoms with Crippen molar-refractivity contribution in [2.45, 2.75) is 51.7 Å². The number of nitrogens with zero attached hydrogens (tertiary/aromatic N) is 1. The summed E-state index contributed by atoms with van der Waals surface area (Å²) < 4.78 is 0. The maximum atomic E-state index is 12.3. The quantitative estimate of drug-likeness (QED) is 0.890. The number of amides is 2. The fourth-order valence-corrected chi connectivity index (χ4v) is 2.98. The average molecular weight is 290 g/mol. The number of carbonyl (C=O) groups is 1. The van der Waals surface area contributed by atoms with Crippen LogP contribution < -0.4 is 5.32 Å². The molecule has 0 aromatic heterocycles. The molecule has 1 saturated carbocycles. The van der Waals surface area contributed by atoms with E-state index in [-0.39, 0.29) is 6.03 Å². The van der Waals surface area contributed by atoms with Gasteiger partial charge in [0.15, 0.2) is 0 Å². The third-order valence-corrected chi connectivity index (χ3v) is 4.42. The van der Waals surface area contributed by atoms with Crippen LogP contribution in [0.3, 0.4) is 0 Å². The summed E-state index contributed by atoms with van der Waals surface area (Å²) in [5, 5.41) is 12.4. The van der Waals surface area contributed by atoms with Gasteiger partial charge in [0.2, 0.25) is 0 Å². The van der Waals surface area contributed by atoms with E-state index in [9.17, 15) is 9.90 Å². The molecular weight excluding hydrogens is 264 g/mol. The Morgan fingerprint density at radius 1 is 1.33 bits per heavy atom. The Balaban J connectivity index is 1.93. The van der Waals surface area contributed by atoms with Crippen molar-refractivity contribution >= 4 is 11.7 Å². The molecule has 2 rings (SSSR count). The predicted octanol–water partition coefficient (Wildman–Crippen LogP) is 3.78. The van der Waals surface area contributed by atoms with Crippen molar-refractivity contribution in [3.05, 3.63) is 29.8 Å². The molecule has 3 unspecified atom stereocenters. The smallest absolute Gasteiger partial charge is 0.321 e. The standard InChI is InChI=1S/C17H26N2O2/c1-12-5-4-6-16(11-12)19(3)17(21)18-15-9-7-14(8-10-15)13(2)20/h7-10,12-13,16,20H,4-6,11H2,1-3H3,(H,18,21). The van der Waals surface area contributed by atoms with Gasteiger partial charge in [-0.25, -0.2) is 4.79 Å². The number of hydrogen-bond acceptors (Lipinski definition) is 2. The zero-order valence-electron chi connectivity index (χ0n) is 13.2. The molecule has 2 amide bonds. The van der Waals surface area contributed by atoms with Crippen LogP contribution in [-0.2, 0) is 0 Å². The number of benzene rings is 1. The molecule has 21 heavy (non-hydrogen) atoms. The maximum absolute atomic E-state index is 12.3. The molecular formula is C17H26N2O2. The lowest BCUT2D eigenvalue weighted by molar-refractivity contribution is 0.171. The Hall–Kier alpha value is -1.55. The molecule has 2 N–H and O–H groups in total. The Morgan fingerprint density at radius 3 is 2.57 bits per heavy atom. The molecule has 0 heterocycles. The number of anilines is 1. The van der Waals surface area contributed by atoms with E-state index in [1.165, 1.54) is 12.8 Å². The van der Waals surface area contributed by atoms with Crippen LogP contribution in [0.4, 0.5) is 10.5 Å². The number of hydrogen-bond donors (Lipinski definition) is 2. The van der Waals surface area contributed by atoms with Crippen LogP contribution in [0.5, 0.6) is 0 Å². The molecule has 0 radical (unpaired) electrons. The zero-order chi connectivity index (χ0) is 15.4. The van der Waals surface area contributed by atoms with E-state index in [0.717, 1.165) is 24.1 Å². The number of carbonyl (C=O) groups excluding carboxylic acids is 1. The molecule has 0 bridgehead atoms. The van der Waals surface area contributed by atoms with E-state index in [0.29, 0.717) is 12.0 Å². The first-order valence-corrected chi connectivity index (χ1v) is 7.79. The molecule has 0 aliphatic heterocycles. The highest BCUT2D eigenvalue weighted by atomic mass is 16.3. The van der Waals surface area contributed by atoms with Crippen LogP contribution in [0, 0.1) is 5.92 Å². The fraction of sp³-hybridized carbons (Fsp3) is 0.588. The first-order valence-electron chi connectivity index (χ1n) is 7.79. The highest BCUT2D eigenvalue weighted by molar-refractivity contribution is 5.89. The Bertz CT molecular complexity index is 470. The topological polar surface area (TPSA) is 52.6 Å². The van der Waals surface area contributed by atoms with Gasteiger partial charge in [0.25, 0.3) is 0 Å². The van der Waals surface area contributed by atoms with Gasteiger partial charge < -0.3 is 15.3 Å². The Labute approximate surface area is 127 Å². The molecule has 116 valence electrons. The molecule has 0 saturated heterocycles. The van der Waals surface area contributed by atoms with Crippen LogP contribution >= 0.6 is 0 Å². The summed E-state index contributed by atoms with van der Waals surface area (Å²) >= 11 is 0. The van der Waals surface area contributed by atoms with Crippen LogP contribution in [0.2, 0.25) is 0 Å². The van der Waals surface area contributed by atoms with E-state index in [4.69, 9.17) is 0 Å². The average Bonchev–Trinajstić information content (AvgIpc) is 2.47. The van der Waals surface area contributed by atoms with E-state index in [1.807, 2.05) is 36.2 Å². The SMILES string of the molecule is CC1CCCC(N(C)C(=O)Nc2ccc(C(C)O)cc2)C1. The molecule has 1 aliphatic carbocycles. The summed E-state index contributed by atoms with van der Waals surface area (Å²) in [6.45, 7) is 3.98. The largest absolute Gasteiger partial charge is 0.389 e. The van der Waals surface area contributed by atoms with Gasteiger partial charge in [0.1, 0.15) is 0 Å². The van der Waals surface area contributed by atoms with Gasteiger partial charge in [-0.3, -0.25) is 0 Å². The van der Waals surface area contributed by atoms with Crippen molar-refractivity contribution in [1.29, 1.82) is 0 Å². The van der Waals surface area contributed by atoms with Gasteiger partial charge in [-0.15, -0.1) is 0 Å². The maximum Gasteiger partial charge on any atom is 0.321 e. The summed E-state index contributed by atoms with van der Waals surface area (Å²) in [7, 11) is 1.88. The van der Waals surface area contributed by atoms with Gasteiger partial charge in [-0.2, -0.15) is 0 Å². The van der Waals surface area contributed by atoms with E-state index in [1.54, 1.807) is 6.92 Å². The third-order valence-electron chi connectivity index (χ3n) is 4.42. The van der Waals surface area contributed by atoms with Gasteiger partial charge in [-0.1, -0.05) is 31.9 Å². The minimum Gasteiger partial charge on any atom is -0.389 e. The molecule has 1 fully saturated rings. The first-order chi connectivity index (χ1) is 9.97.